The lowest BCUT2D eigenvalue weighted by molar-refractivity contribution is -0.117. The lowest BCUT2D eigenvalue weighted by Gasteiger charge is -2.13. The molecule has 0 aliphatic rings. The number of halogens is 1. The summed E-state index contributed by atoms with van der Waals surface area (Å²) in [6.07, 6.45) is 3.19. The van der Waals surface area contributed by atoms with E-state index in [4.69, 9.17) is 21.1 Å². The highest BCUT2D eigenvalue weighted by molar-refractivity contribution is 6.30. The van der Waals surface area contributed by atoms with Crippen LogP contribution in [-0.2, 0) is 4.79 Å². The highest BCUT2D eigenvalue weighted by atomic mass is 35.5. The summed E-state index contributed by atoms with van der Waals surface area (Å²) in [5.74, 6) is 1.16. The number of carbonyl (C=O) groups excluding carboxylic acids is 1. The van der Waals surface area contributed by atoms with E-state index < -0.39 is 0 Å². The standard InChI is InChI=1S/C19H20ClNO3/c1-13(14-4-8-16(20)9-5-14)21-19(22)11-7-15-6-10-17(23-2)12-18(15)24-3/h4-13H,1-3H3,(H,21,22)/b11-7+. The molecule has 0 saturated carbocycles. The monoisotopic (exact) mass is 345 g/mol. The molecule has 126 valence electrons. The average Bonchev–Trinajstić information content (AvgIpc) is 2.60. The van der Waals surface area contributed by atoms with Crippen LogP contribution in [0.25, 0.3) is 6.08 Å². The molecule has 2 rings (SSSR count). The summed E-state index contributed by atoms with van der Waals surface area (Å²) in [6, 6.07) is 12.7. The van der Waals surface area contributed by atoms with E-state index in [0.717, 1.165) is 11.1 Å². The molecule has 1 atom stereocenters. The van der Waals surface area contributed by atoms with Crippen molar-refractivity contribution in [2.24, 2.45) is 0 Å². The quantitative estimate of drug-likeness (QED) is 0.796. The van der Waals surface area contributed by atoms with Gasteiger partial charge in [-0.15, -0.1) is 0 Å². The summed E-state index contributed by atoms with van der Waals surface area (Å²) in [7, 11) is 3.17. The van der Waals surface area contributed by atoms with Crippen LogP contribution in [0.5, 0.6) is 11.5 Å². The predicted molar refractivity (Wildman–Crippen MR) is 96.6 cm³/mol. The third-order valence-corrected chi connectivity index (χ3v) is 3.84. The van der Waals surface area contributed by atoms with Gasteiger partial charge in [0.2, 0.25) is 5.91 Å². The third-order valence-electron chi connectivity index (χ3n) is 3.58. The van der Waals surface area contributed by atoms with Crippen LogP contribution in [0.15, 0.2) is 48.5 Å². The van der Waals surface area contributed by atoms with Crippen molar-refractivity contribution in [3.05, 3.63) is 64.7 Å². The fourth-order valence-electron chi connectivity index (χ4n) is 2.22. The first-order valence-electron chi connectivity index (χ1n) is 7.49. The summed E-state index contributed by atoms with van der Waals surface area (Å²) in [4.78, 5) is 12.1. The molecule has 0 heterocycles. The number of nitrogens with one attached hydrogen (secondary N) is 1. The number of hydrogen-bond donors (Lipinski definition) is 1. The molecule has 2 aromatic carbocycles. The van der Waals surface area contributed by atoms with Gasteiger partial charge >= 0.3 is 0 Å². The van der Waals surface area contributed by atoms with E-state index >= 15 is 0 Å². The van der Waals surface area contributed by atoms with Gasteiger partial charge in [0.1, 0.15) is 11.5 Å². The summed E-state index contributed by atoms with van der Waals surface area (Å²) < 4.78 is 10.5. The van der Waals surface area contributed by atoms with Crippen molar-refractivity contribution >= 4 is 23.6 Å². The van der Waals surface area contributed by atoms with Crippen LogP contribution in [0, 0.1) is 0 Å². The molecule has 4 nitrogen and oxygen atoms in total. The van der Waals surface area contributed by atoms with Crippen LogP contribution in [-0.4, -0.2) is 20.1 Å². The van der Waals surface area contributed by atoms with Gasteiger partial charge in [-0.2, -0.15) is 0 Å². The van der Waals surface area contributed by atoms with E-state index in [1.807, 2.05) is 31.2 Å². The number of hydrogen-bond acceptors (Lipinski definition) is 3. The van der Waals surface area contributed by atoms with Crippen LogP contribution in [0.2, 0.25) is 5.02 Å². The molecule has 2 aromatic rings. The lowest BCUT2D eigenvalue weighted by Crippen LogP contribution is -2.24. The number of rotatable bonds is 6. The minimum absolute atomic E-state index is 0.114. The summed E-state index contributed by atoms with van der Waals surface area (Å²) in [5, 5.41) is 3.58. The highest BCUT2D eigenvalue weighted by Gasteiger charge is 2.08. The minimum Gasteiger partial charge on any atom is -0.497 e. The van der Waals surface area contributed by atoms with E-state index in [0.29, 0.717) is 16.5 Å². The zero-order chi connectivity index (χ0) is 17.5. The molecule has 1 unspecified atom stereocenters. The predicted octanol–water partition coefficient (Wildman–Crippen LogP) is 4.25. The second kappa shape index (κ2) is 8.41. The Hall–Kier alpha value is -2.46. The van der Waals surface area contributed by atoms with Crippen molar-refractivity contribution in [3.8, 4) is 11.5 Å². The van der Waals surface area contributed by atoms with Gasteiger partial charge < -0.3 is 14.8 Å². The SMILES string of the molecule is COc1ccc(/C=C/C(=O)NC(C)c2ccc(Cl)cc2)c(OC)c1. The van der Waals surface area contributed by atoms with E-state index in [-0.39, 0.29) is 11.9 Å². The molecule has 0 radical (unpaired) electrons. The molecule has 0 aliphatic heterocycles. The van der Waals surface area contributed by atoms with Crippen molar-refractivity contribution in [2.75, 3.05) is 14.2 Å². The smallest absolute Gasteiger partial charge is 0.244 e. The molecule has 0 aromatic heterocycles. The fraction of sp³-hybridized carbons (Fsp3) is 0.211. The maximum atomic E-state index is 12.1. The highest BCUT2D eigenvalue weighted by Crippen LogP contribution is 2.25. The molecule has 5 heteroatoms. The second-order valence-electron chi connectivity index (χ2n) is 5.22. The van der Waals surface area contributed by atoms with Crippen LogP contribution in [0.4, 0.5) is 0 Å². The Morgan fingerprint density at radius 1 is 1.12 bits per heavy atom. The van der Waals surface area contributed by atoms with Crippen molar-refractivity contribution in [3.63, 3.8) is 0 Å². The zero-order valence-electron chi connectivity index (χ0n) is 13.9. The van der Waals surface area contributed by atoms with Gasteiger partial charge in [0.25, 0.3) is 0 Å². The molecule has 0 spiro atoms. The Morgan fingerprint density at radius 2 is 1.83 bits per heavy atom. The van der Waals surface area contributed by atoms with E-state index in [9.17, 15) is 4.79 Å². The van der Waals surface area contributed by atoms with Gasteiger partial charge in [-0.1, -0.05) is 23.7 Å². The molecule has 0 bridgehead atoms. The van der Waals surface area contributed by atoms with Crippen LogP contribution in [0.1, 0.15) is 24.1 Å². The normalized spacial score (nSPS) is 12.0. The Morgan fingerprint density at radius 3 is 2.46 bits per heavy atom. The maximum Gasteiger partial charge on any atom is 0.244 e. The van der Waals surface area contributed by atoms with Crippen molar-refractivity contribution in [1.82, 2.24) is 5.32 Å². The molecule has 1 N–H and O–H groups in total. The molecule has 0 saturated heterocycles. The minimum atomic E-state index is -0.185. The molecule has 1 amide bonds. The van der Waals surface area contributed by atoms with Gasteiger partial charge in [0.15, 0.2) is 0 Å². The topological polar surface area (TPSA) is 47.6 Å². The van der Waals surface area contributed by atoms with Gasteiger partial charge in [-0.25, -0.2) is 0 Å². The van der Waals surface area contributed by atoms with Crippen molar-refractivity contribution < 1.29 is 14.3 Å². The first-order chi connectivity index (χ1) is 11.5. The number of amides is 1. The first kappa shape index (κ1) is 17.9. The average molecular weight is 346 g/mol. The molecule has 0 aliphatic carbocycles. The molecule has 0 fully saturated rings. The number of ether oxygens (including phenoxy) is 2. The van der Waals surface area contributed by atoms with Gasteiger partial charge in [0, 0.05) is 22.7 Å². The first-order valence-corrected chi connectivity index (χ1v) is 7.87. The Bertz CT molecular complexity index is 726. The van der Waals surface area contributed by atoms with Crippen LogP contribution < -0.4 is 14.8 Å². The van der Waals surface area contributed by atoms with E-state index in [2.05, 4.69) is 5.32 Å². The fourth-order valence-corrected chi connectivity index (χ4v) is 2.34. The van der Waals surface area contributed by atoms with Crippen molar-refractivity contribution in [1.29, 1.82) is 0 Å². The number of benzene rings is 2. The zero-order valence-corrected chi connectivity index (χ0v) is 14.6. The Labute approximate surface area is 147 Å². The van der Waals surface area contributed by atoms with E-state index in [1.165, 1.54) is 6.08 Å². The third kappa shape index (κ3) is 4.77. The van der Waals surface area contributed by atoms with Gasteiger partial charge in [0.05, 0.1) is 20.3 Å². The number of carbonyl (C=O) groups is 1. The summed E-state index contributed by atoms with van der Waals surface area (Å²) in [6.45, 7) is 1.92. The number of methoxy groups -OCH3 is 2. The van der Waals surface area contributed by atoms with Crippen LogP contribution >= 0.6 is 11.6 Å². The largest absolute Gasteiger partial charge is 0.497 e. The Balaban J connectivity index is 2.03. The lowest BCUT2D eigenvalue weighted by atomic mass is 10.1. The van der Waals surface area contributed by atoms with E-state index in [1.54, 1.807) is 38.5 Å². The van der Waals surface area contributed by atoms with Gasteiger partial charge in [-0.05, 0) is 42.8 Å². The van der Waals surface area contributed by atoms with Crippen LogP contribution in [0.3, 0.4) is 0 Å². The maximum absolute atomic E-state index is 12.1. The molecule has 24 heavy (non-hydrogen) atoms. The molecular formula is C19H20ClNO3. The second-order valence-corrected chi connectivity index (χ2v) is 5.66. The van der Waals surface area contributed by atoms with Crippen molar-refractivity contribution in [2.45, 2.75) is 13.0 Å². The summed E-state index contributed by atoms with van der Waals surface area (Å²) >= 11 is 5.87. The van der Waals surface area contributed by atoms with Gasteiger partial charge in [-0.3, -0.25) is 4.79 Å². The summed E-state index contributed by atoms with van der Waals surface area (Å²) in [5.41, 5.74) is 1.79. The Kier molecular flexibility index (Phi) is 6.27. The molecular weight excluding hydrogens is 326 g/mol.